The van der Waals surface area contributed by atoms with Crippen LogP contribution >= 0.6 is 0 Å². The van der Waals surface area contributed by atoms with Gasteiger partial charge < -0.3 is 10.1 Å². The molecule has 0 saturated carbocycles. The van der Waals surface area contributed by atoms with Crippen molar-refractivity contribution in [3.8, 4) is 5.69 Å². The Kier molecular flexibility index (Phi) is 3.66. The van der Waals surface area contributed by atoms with Crippen LogP contribution in [0.15, 0.2) is 30.3 Å². The molecule has 1 heterocycles. The second-order valence-electron chi connectivity index (χ2n) is 3.68. The summed E-state index contributed by atoms with van der Waals surface area (Å²) in [6.45, 7) is 2.63. The SMILES string of the molecule is COC(C)CNc1nnnn1-c1ccccc1. The molecule has 6 nitrogen and oxygen atoms in total. The van der Waals surface area contributed by atoms with Crippen LogP contribution < -0.4 is 5.32 Å². The maximum absolute atomic E-state index is 5.15. The molecular formula is C11H15N5O. The predicted octanol–water partition coefficient (Wildman–Crippen LogP) is 1.11. The smallest absolute Gasteiger partial charge is 0.247 e. The molecule has 2 rings (SSSR count). The van der Waals surface area contributed by atoms with Gasteiger partial charge in [-0.05, 0) is 29.5 Å². The number of aromatic nitrogens is 4. The summed E-state index contributed by atoms with van der Waals surface area (Å²) in [4.78, 5) is 0. The summed E-state index contributed by atoms with van der Waals surface area (Å²) in [6, 6.07) is 9.73. The lowest BCUT2D eigenvalue weighted by Crippen LogP contribution is -2.20. The van der Waals surface area contributed by atoms with Crippen LogP contribution in [-0.2, 0) is 4.74 Å². The van der Waals surface area contributed by atoms with Crippen molar-refractivity contribution >= 4 is 5.95 Å². The first-order valence-corrected chi connectivity index (χ1v) is 5.41. The van der Waals surface area contributed by atoms with Crippen molar-refractivity contribution in [1.82, 2.24) is 20.2 Å². The topological polar surface area (TPSA) is 64.9 Å². The number of anilines is 1. The van der Waals surface area contributed by atoms with Crippen LogP contribution in [0.2, 0.25) is 0 Å². The average Bonchev–Trinajstić information content (AvgIpc) is 2.85. The van der Waals surface area contributed by atoms with Gasteiger partial charge in [0.1, 0.15) is 0 Å². The molecule has 0 amide bonds. The highest BCUT2D eigenvalue weighted by molar-refractivity contribution is 5.38. The Morgan fingerprint density at radius 3 is 2.82 bits per heavy atom. The monoisotopic (exact) mass is 233 g/mol. The number of benzene rings is 1. The number of tetrazole rings is 1. The van der Waals surface area contributed by atoms with E-state index < -0.39 is 0 Å². The molecule has 17 heavy (non-hydrogen) atoms. The summed E-state index contributed by atoms with van der Waals surface area (Å²) in [5, 5.41) is 14.7. The van der Waals surface area contributed by atoms with E-state index in [9.17, 15) is 0 Å². The summed E-state index contributed by atoms with van der Waals surface area (Å²) in [7, 11) is 1.67. The fourth-order valence-electron chi connectivity index (χ4n) is 1.36. The minimum Gasteiger partial charge on any atom is -0.380 e. The second-order valence-corrected chi connectivity index (χ2v) is 3.68. The van der Waals surface area contributed by atoms with Gasteiger partial charge in [-0.3, -0.25) is 0 Å². The van der Waals surface area contributed by atoms with E-state index in [0.717, 1.165) is 5.69 Å². The molecule has 6 heteroatoms. The molecule has 0 saturated heterocycles. The zero-order valence-electron chi connectivity index (χ0n) is 9.87. The number of nitrogens with one attached hydrogen (secondary N) is 1. The Morgan fingerprint density at radius 1 is 1.35 bits per heavy atom. The Hall–Kier alpha value is -1.95. The van der Waals surface area contributed by atoms with E-state index in [1.165, 1.54) is 0 Å². The molecule has 0 fully saturated rings. The summed E-state index contributed by atoms with van der Waals surface area (Å²) in [5.41, 5.74) is 0.921. The van der Waals surface area contributed by atoms with E-state index in [1.807, 2.05) is 37.3 Å². The van der Waals surface area contributed by atoms with Crippen molar-refractivity contribution in [3.63, 3.8) is 0 Å². The van der Waals surface area contributed by atoms with Gasteiger partial charge in [0.25, 0.3) is 0 Å². The van der Waals surface area contributed by atoms with E-state index >= 15 is 0 Å². The number of hydrogen-bond acceptors (Lipinski definition) is 5. The van der Waals surface area contributed by atoms with Crippen LogP contribution in [0.3, 0.4) is 0 Å². The molecule has 0 aliphatic heterocycles. The third-order valence-corrected chi connectivity index (χ3v) is 2.42. The first kappa shape index (κ1) is 11.5. The number of para-hydroxylation sites is 1. The Morgan fingerprint density at radius 2 is 2.12 bits per heavy atom. The first-order valence-electron chi connectivity index (χ1n) is 5.41. The molecular weight excluding hydrogens is 218 g/mol. The van der Waals surface area contributed by atoms with Crippen molar-refractivity contribution in [1.29, 1.82) is 0 Å². The lowest BCUT2D eigenvalue weighted by atomic mass is 10.3. The standard InChI is InChI=1S/C11H15N5O/c1-9(17-2)8-12-11-13-14-15-16(11)10-6-4-3-5-7-10/h3-7,9H,8H2,1-2H3,(H,12,13,15). The highest BCUT2D eigenvalue weighted by atomic mass is 16.5. The number of rotatable bonds is 5. The van der Waals surface area contributed by atoms with Gasteiger partial charge in [0.2, 0.25) is 5.95 Å². The maximum atomic E-state index is 5.15. The maximum Gasteiger partial charge on any atom is 0.247 e. The van der Waals surface area contributed by atoms with Gasteiger partial charge in [0.05, 0.1) is 11.8 Å². The lowest BCUT2D eigenvalue weighted by molar-refractivity contribution is 0.128. The van der Waals surface area contributed by atoms with Crippen LogP contribution in [0.4, 0.5) is 5.95 Å². The van der Waals surface area contributed by atoms with Crippen LogP contribution in [0.1, 0.15) is 6.92 Å². The molecule has 1 N–H and O–H groups in total. The minimum atomic E-state index is 0.107. The van der Waals surface area contributed by atoms with Gasteiger partial charge >= 0.3 is 0 Å². The number of hydrogen-bond donors (Lipinski definition) is 1. The third kappa shape index (κ3) is 2.79. The Labute approximate surface area is 99.6 Å². The van der Waals surface area contributed by atoms with Crippen molar-refractivity contribution < 1.29 is 4.74 Å². The summed E-state index contributed by atoms with van der Waals surface area (Å²) < 4.78 is 6.81. The molecule has 1 aromatic heterocycles. The molecule has 0 aliphatic rings. The molecule has 2 aromatic rings. The fraction of sp³-hybridized carbons (Fsp3) is 0.364. The van der Waals surface area contributed by atoms with Crippen molar-refractivity contribution in [2.45, 2.75) is 13.0 Å². The predicted molar refractivity (Wildman–Crippen MR) is 64.1 cm³/mol. The van der Waals surface area contributed by atoms with Gasteiger partial charge in [0, 0.05) is 13.7 Å². The van der Waals surface area contributed by atoms with Crippen molar-refractivity contribution in [2.24, 2.45) is 0 Å². The molecule has 90 valence electrons. The largest absolute Gasteiger partial charge is 0.380 e. The van der Waals surface area contributed by atoms with Gasteiger partial charge in [-0.15, -0.1) is 0 Å². The van der Waals surface area contributed by atoms with E-state index in [0.29, 0.717) is 12.5 Å². The second kappa shape index (κ2) is 5.40. The molecule has 1 aromatic carbocycles. The van der Waals surface area contributed by atoms with Gasteiger partial charge in [-0.2, -0.15) is 4.68 Å². The molecule has 0 radical (unpaired) electrons. The molecule has 0 bridgehead atoms. The van der Waals surface area contributed by atoms with Gasteiger partial charge in [-0.1, -0.05) is 23.3 Å². The Balaban J connectivity index is 2.12. The summed E-state index contributed by atoms with van der Waals surface area (Å²) >= 11 is 0. The highest BCUT2D eigenvalue weighted by Gasteiger charge is 2.08. The zero-order chi connectivity index (χ0) is 12.1. The quantitative estimate of drug-likeness (QED) is 0.838. The number of nitrogens with zero attached hydrogens (tertiary/aromatic N) is 4. The molecule has 1 unspecified atom stereocenters. The van der Waals surface area contributed by atoms with Crippen LogP contribution in [-0.4, -0.2) is 40.0 Å². The van der Waals surface area contributed by atoms with Crippen LogP contribution in [0.25, 0.3) is 5.69 Å². The summed E-state index contributed by atoms with van der Waals surface area (Å²) in [6.07, 6.45) is 0.107. The molecule has 0 spiro atoms. The van der Waals surface area contributed by atoms with Gasteiger partial charge in [0.15, 0.2) is 0 Å². The van der Waals surface area contributed by atoms with Crippen LogP contribution in [0, 0.1) is 0 Å². The average molecular weight is 233 g/mol. The normalized spacial score (nSPS) is 12.4. The van der Waals surface area contributed by atoms with E-state index in [4.69, 9.17) is 4.74 Å². The lowest BCUT2D eigenvalue weighted by Gasteiger charge is -2.11. The van der Waals surface area contributed by atoms with E-state index in [-0.39, 0.29) is 6.10 Å². The highest BCUT2D eigenvalue weighted by Crippen LogP contribution is 2.10. The minimum absolute atomic E-state index is 0.107. The number of ether oxygens (including phenoxy) is 1. The summed E-state index contributed by atoms with van der Waals surface area (Å²) in [5.74, 6) is 0.611. The number of methoxy groups -OCH3 is 1. The third-order valence-electron chi connectivity index (χ3n) is 2.42. The molecule has 1 atom stereocenters. The fourth-order valence-corrected chi connectivity index (χ4v) is 1.36. The Bertz CT molecular complexity index is 456. The van der Waals surface area contributed by atoms with E-state index in [2.05, 4.69) is 20.8 Å². The molecule has 0 aliphatic carbocycles. The van der Waals surface area contributed by atoms with Crippen LogP contribution in [0.5, 0.6) is 0 Å². The zero-order valence-corrected chi connectivity index (χ0v) is 9.87. The van der Waals surface area contributed by atoms with Crippen molar-refractivity contribution in [2.75, 3.05) is 19.0 Å². The van der Waals surface area contributed by atoms with Gasteiger partial charge in [-0.25, -0.2) is 0 Å². The van der Waals surface area contributed by atoms with Crippen molar-refractivity contribution in [3.05, 3.63) is 30.3 Å². The van der Waals surface area contributed by atoms with E-state index in [1.54, 1.807) is 11.8 Å². The first-order chi connectivity index (χ1) is 8.31.